The van der Waals surface area contributed by atoms with Crippen LogP contribution in [-0.2, 0) is 6.54 Å². The van der Waals surface area contributed by atoms with E-state index in [2.05, 4.69) is 0 Å². The van der Waals surface area contributed by atoms with Gasteiger partial charge in [-0.15, -0.1) is 0 Å². The second-order valence-corrected chi connectivity index (χ2v) is 5.57. The third-order valence-electron chi connectivity index (χ3n) is 3.70. The van der Waals surface area contributed by atoms with Crippen LogP contribution >= 0.6 is 11.6 Å². The van der Waals surface area contributed by atoms with E-state index < -0.39 is 11.9 Å². The molecule has 3 rings (SSSR count). The number of carboxylic acids is 1. The smallest absolute Gasteiger partial charge is 0.337 e. The zero-order valence-electron chi connectivity index (χ0n) is 12.0. The number of carbonyl (C=O) groups excluding carboxylic acids is 1. The maximum Gasteiger partial charge on any atom is 0.337 e. The molecular formula is C17H13ClN2O3. The van der Waals surface area contributed by atoms with E-state index in [1.807, 2.05) is 18.2 Å². The van der Waals surface area contributed by atoms with Crippen molar-refractivity contribution in [2.24, 2.45) is 5.73 Å². The lowest BCUT2D eigenvalue weighted by Crippen LogP contribution is -2.10. The fraction of sp³-hybridized carbons (Fsp3) is 0.0588. The first-order valence-corrected chi connectivity index (χ1v) is 7.24. The highest BCUT2D eigenvalue weighted by Gasteiger charge is 2.16. The predicted molar refractivity (Wildman–Crippen MR) is 88.0 cm³/mol. The van der Waals surface area contributed by atoms with Gasteiger partial charge in [-0.1, -0.05) is 35.9 Å². The second kappa shape index (κ2) is 5.78. The lowest BCUT2D eigenvalue weighted by Gasteiger charge is -2.08. The summed E-state index contributed by atoms with van der Waals surface area (Å²) in [4.78, 5) is 22.8. The molecule has 23 heavy (non-hydrogen) atoms. The normalized spacial score (nSPS) is 10.8. The van der Waals surface area contributed by atoms with E-state index >= 15 is 0 Å². The van der Waals surface area contributed by atoms with E-state index in [0.717, 1.165) is 5.56 Å². The van der Waals surface area contributed by atoms with Crippen molar-refractivity contribution in [1.82, 2.24) is 4.57 Å². The van der Waals surface area contributed by atoms with Gasteiger partial charge in [-0.2, -0.15) is 0 Å². The predicted octanol–water partition coefficient (Wildman–Crippen LogP) is 3.14. The van der Waals surface area contributed by atoms with E-state index in [-0.39, 0.29) is 5.56 Å². The Balaban J connectivity index is 2.18. The number of aromatic carboxylic acids is 1. The molecule has 0 atom stereocenters. The summed E-state index contributed by atoms with van der Waals surface area (Å²) in [6, 6.07) is 12.1. The van der Waals surface area contributed by atoms with Crippen molar-refractivity contribution in [2.75, 3.05) is 0 Å². The molecule has 0 spiro atoms. The average Bonchev–Trinajstić information content (AvgIpc) is 2.88. The number of rotatable bonds is 4. The van der Waals surface area contributed by atoms with Crippen LogP contribution in [0.3, 0.4) is 0 Å². The number of nitrogens with two attached hydrogens (primary N) is 1. The molecule has 0 unspecified atom stereocenters. The Kier molecular flexibility index (Phi) is 3.80. The van der Waals surface area contributed by atoms with Crippen LogP contribution < -0.4 is 5.73 Å². The summed E-state index contributed by atoms with van der Waals surface area (Å²) in [5, 5.41) is 10.5. The third-order valence-corrected chi connectivity index (χ3v) is 4.06. The zero-order valence-corrected chi connectivity index (χ0v) is 12.7. The van der Waals surface area contributed by atoms with Gasteiger partial charge in [0.1, 0.15) is 0 Å². The molecular weight excluding hydrogens is 316 g/mol. The highest BCUT2D eigenvalue weighted by Crippen LogP contribution is 2.25. The molecule has 1 heterocycles. The number of carbonyl (C=O) groups is 2. The van der Waals surface area contributed by atoms with Gasteiger partial charge < -0.3 is 15.4 Å². The van der Waals surface area contributed by atoms with Gasteiger partial charge in [0.15, 0.2) is 0 Å². The molecule has 0 aliphatic carbocycles. The maximum atomic E-state index is 11.4. The third kappa shape index (κ3) is 2.78. The van der Waals surface area contributed by atoms with Gasteiger partial charge in [0.05, 0.1) is 5.56 Å². The Hall–Kier alpha value is -2.79. The molecule has 6 heteroatoms. The molecule has 0 aliphatic heterocycles. The van der Waals surface area contributed by atoms with Crippen molar-refractivity contribution < 1.29 is 14.7 Å². The van der Waals surface area contributed by atoms with Gasteiger partial charge in [-0.25, -0.2) is 4.79 Å². The fourth-order valence-electron chi connectivity index (χ4n) is 2.56. The largest absolute Gasteiger partial charge is 0.478 e. The van der Waals surface area contributed by atoms with Crippen LogP contribution in [0.25, 0.3) is 10.9 Å². The molecule has 0 saturated heterocycles. The SMILES string of the molecule is NC(=O)c1ccc2c(C(=O)O)cn(Cc3ccccc3Cl)c2c1. The number of halogens is 1. The number of fused-ring (bicyclic) bond motifs is 1. The van der Waals surface area contributed by atoms with Crippen molar-refractivity contribution in [3.63, 3.8) is 0 Å². The van der Waals surface area contributed by atoms with Crippen molar-refractivity contribution in [3.8, 4) is 0 Å². The summed E-state index contributed by atoms with van der Waals surface area (Å²) in [6.07, 6.45) is 1.54. The zero-order chi connectivity index (χ0) is 16.6. The van der Waals surface area contributed by atoms with E-state index in [1.165, 1.54) is 6.07 Å². The standard InChI is InChI=1S/C17H13ClN2O3/c18-14-4-2-1-3-11(14)8-20-9-13(17(22)23)12-6-5-10(16(19)21)7-15(12)20/h1-7,9H,8H2,(H2,19,21)(H,22,23). The summed E-state index contributed by atoms with van der Waals surface area (Å²) >= 11 is 6.17. The Bertz CT molecular complexity index is 931. The molecule has 5 nitrogen and oxygen atoms in total. The minimum absolute atomic E-state index is 0.170. The van der Waals surface area contributed by atoms with Gasteiger partial charge in [-0.3, -0.25) is 4.79 Å². The van der Waals surface area contributed by atoms with Gasteiger partial charge in [0, 0.05) is 34.2 Å². The Labute approximate surface area is 136 Å². The van der Waals surface area contributed by atoms with Crippen LogP contribution in [0.2, 0.25) is 5.02 Å². The number of carboxylic acid groups (broad SMARTS) is 1. The Morgan fingerprint density at radius 2 is 1.91 bits per heavy atom. The van der Waals surface area contributed by atoms with Gasteiger partial charge >= 0.3 is 5.97 Å². The van der Waals surface area contributed by atoms with Crippen LogP contribution in [0.1, 0.15) is 26.3 Å². The minimum atomic E-state index is -1.03. The molecule has 0 fully saturated rings. The van der Waals surface area contributed by atoms with Crippen molar-refractivity contribution in [1.29, 1.82) is 0 Å². The number of hydrogen-bond acceptors (Lipinski definition) is 2. The average molecular weight is 329 g/mol. The number of hydrogen-bond donors (Lipinski definition) is 2. The van der Waals surface area contributed by atoms with Crippen LogP contribution in [0.15, 0.2) is 48.7 Å². The molecule has 3 N–H and O–H groups in total. The molecule has 1 aromatic heterocycles. The summed E-state index contributed by atoms with van der Waals surface area (Å²) in [5.41, 5.74) is 7.29. The van der Waals surface area contributed by atoms with Gasteiger partial charge in [0.25, 0.3) is 0 Å². The topological polar surface area (TPSA) is 85.3 Å². The molecule has 0 bridgehead atoms. The first kappa shape index (κ1) is 15.1. The Morgan fingerprint density at radius 3 is 2.57 bits per heavy atom. The van der Waals surface area contributed by atoms with E-state index in [4.69, 9.17) is 17.3 Å². The van der Waals surface area contributed by atoms with Gasteiger partial charge in [0.2, 0.25) is 5.91 Å². The highest BCUT2D eigenvalue weighted by molar-refractivity contribution is 6.31. The fourth-order valence-corrected chi connectivity index (χ4v) is 2.75. The summed E-state index contributed by atoms with van der Waals surface area (Å²) in [7, 11) is 0. The second-order valence-electron chi connectivity index (χ2n) is 5.16. The van der Waals surface area contributed by atoms with Crippen LogP contribution in [-0.4, -0.2) is 21.6 Å². The molecule has 0 aliphatic rings. The molecule has 116 valence electrons. The number of nitrogens with zero attached hydrogens (tertiary/aromatic N) is 1. The maximum absolute atomic E-state index is 11.4. The van der Waals surface area contributed by atoms with Crippen LogP contribution in [0.4, 0.5) is 0 Å². The quantitative estimate of drug-likeness (QED) is 0.771. The first-order chi connectivity index (χ1) is 11.0. The summed E-state index contributed by atoms with van der Waals surface area (Å²) in [5.74, 6) is -1.59. The molecule has 2 aromatic carbocycles. The molecule has 0 saturated carbocycles. The minimum Gasteiger partial charge on any atom is -0.478 e. The van der Waals surface area contributed by atoms with E-state index in [1.54, 1.807) is 29.0 Å². The van der Waals surface area contributed by atoms with E-state index in [9.17, 15) is 14.7 Å². The van der Waals surface area contributed by atoms with Gasteiger partial charge in [-0.05, 0) is 23.8 Å². The molecule has 1 amide bonds. The Morgan fingerprint density at radius 1 is 1.17 bits per heavy atom. The molecule has 0 radical (unpaired) electrons. The van der Waals surface area contributed by atoms with E-state index in [0.29, 0.717) is 28.0 Å². The van der Waals surface area contributed by atoms with Crippen molar-refractivity contribution in [3.05, 3.63) is 70.4 Å². The lowest BCUT2D eigenvalue weighted by molar-refractivity contribution is 0.0698. The molecule has 3 aromatic rings. The van der Waals surface area contributed by atoms with Crippen LogP contribution in [0, 0.1) is 0 Å². The lowest BCUT2D eigenvalue weighted by atomic mass is 10.1. The first-order valence-electron chi connectivity index (χ1n) is 6.87. The monoisotopic (exact) mass is 328 g/mol. The number of amides is 1. The van der Waals surface area contributed by atoms with Crippen molar-refractivity contribution in [2.45, 2.75) is 6.54 Å². The number of primary amides is 1. The van der Waals surface area contributed by atoms with Crippen LogP contribution in [0.5, 0.6) is 0 Å². The summed E-state index contributed by atoms with van der Waals surface area (Å²) in [6.45, 7) is 0.395. The number of aromatic nitrogens is 1. The highest BCUT2D eigenvalue weighted by atomic mass is 35.5. The van der Waals surface area contributed by atoms with Crippen molar-refractivity contribution >= 4 is 34.4 Å². The summed E-state index contributed by atoms with van der Waals surface area (Å²) < 4.78 is 1.76. The number of benzene rings is 2.